The summed E-state index contributed by atoms with van der Waals surface area (Å²) in [6, 6.07) is 13.8. The lowest BCUT2D eigenvalue weighted by Gasteiger charge is -2.08. The van der Waals surface area contributed by atoms with Gasteiger partial charge in [0.2, 0.25) is 11.7 Å². The lowest BCUT2D eigenvalue weighted by Crippen LogP contribution is -2.13. The number of thioether (sulfide) groups is 1. The molecule has 0 saturated carbocycles. The number of halogens is 1. The number of amides is 1. The number of primary amides is 1. The zero-order valence-electron chi connectivity index (χ0n) is 16.5. The molecule has 164 valence electrons. The summed E-state index contributed by atoms with van der Waals surface area (Å²) >= 11 is 1.15. The largest absolute Gasteiger partial charge is 0.504 e. The van der Waals surface area contributed by atoms with Crippen molar-refractivity contribution in [2.24, 2.45) is 5.73 Å². The summed E-state index contributed by atoms with van der Waals surface area (Å²) in [5.74, 6) is -0.192. The van der Waals surface area contributed by atoms with E-state index in [-0.39, 0.29) is 23.1 Å². The average Bonchev–Trinajstić information content (AvgIpc) is 3.45. The van der Waals surface area contributed by atoms with Gasteiger partial charge in [-0.25, -0.2) is 4.39 Å². The Bertz CT molecular complexity index is 1210. The van der Waals surface area contributed by atoms with Crippen LogP contribution in [0.2, 0.25) is 0 Å². The molecule has 0 spiro atoms. The Balaban J connectivity index is 0.000000243. The van der Waals surface area contributed by atoms with E-state index in [2.05, 4.69) is 10.2 Å². The van der Waals surface area contributed by atoms with Crippen molar-refractivity contribution in [2.75, 3.05) is 5.75 Å². The Labute approximate surface area is 185 Å². The predicted molar refractivity (Wildman–Crippen MR) is 117 cm³/mol. The standard InChI is InChI=1S/C14H11FN4O2S.C7H7NO2/c15-9-3-5-10(6-4-9)19-13(11-2-1-7-21-11)17-18-14(19)22-8-12(16)20;8-4-5-2-1-3-6(9)7(5)10/h1-7H,8H2,(H2,16,20);1-4,8-10H. The number of aromatic nitrogens is 3. The van der Waals surface area contributed by atoms with Crippen molar-refractivity contribution >= 4 is 23.9 Å². The second kappa shape index (κ2) is 10.3. The van der Waals surface area contributed by atoms with E-state index in [9.17, 15) is 9.18 Å². The van der Waals surface area contributed by atoms with Gasteiger partial charge in [-0.05, 0) is 48.5 Å². The van der Waals surface area contributed by atoms with E-state index in [1.54, 1.807) is 41.0 Å². The van der Waals surface area contributed by atoms with E-state index < -0.39 is 5.91 Å². The van der Waals surface area contributed by atoms with Crippen molar-refractivity contribution in [3.05, 3.63) is 72.2 Å². The Kier molecular flexibility index (Phi) is 7.24. The number of carbonyl (C=O) groups excluding carboxylic acids is 1. The number of aromatic hydroxyl groups is 2. The number of hydrogen-bond acceptors (Lipinski definition) is 8. The summed E-state index contributed by atoms with van der Waals surface area (Å²) < 4.78 is 20.2. The maximum Gasteiger partial charge on any atom is 0.227 e. The van der Waals surface area contributed by atoms with Crippen LogP contribution in [0.25, 0.3) is 17.3 Å². The van der Waals surface area contributed by atoms with Gasteiger partial charge in [0.1, 0.15) is 5.82 Å². The van der Waals surface area contributed by atoms with Crippen molar-refractivity contribution < 1.29 is 23.8 Å². The third kappa shape index (κ3) is 5.32. The Morgan fingerprint density at radius 3 is 2.50 bits per heavy atom. The number of hydrogen-bond donors (Lipinski definition) is 4. The molecule has 0 aliphatic carbocycles. The van der Waals surface area contributed by atoms with E-state index in [0.717, 1.165) is 18.0 Å². The number of phenolic OH excluding ortho intramolecular Hbond substituents is 2. The van der Waals surface area contributed by atoms with E-state index in [1.165, 1.54) is 24.5 Å². The molecule has 0 saturated heterocycles. The fourth-order valence-corrected chi connectivity index (χ4v) is 3.24. The van der Waals surface area contributed by atoms with Gasteiger partial charge in [-0.2, -0.15) is 0 Å². The molecule has 4 rings (SSSR count). The number of nitrogens with zero attached hydrogens (tertiary/aromatic N) is 3. The first kappa shape index (κ1) is 22.6. The zero-order valence-corrected chi connectivity index (χ0v) is 17.3. The van der Waals surface area contributed by atoms with E-state index in [1.807, 2.05) is 0 Å². The lowest BCUT2D eigenvalue weighted by molar-refractivity contribution is -0.115. The van der Waals surface area contributed by atoms with Crippen LogP contribution >= 0.6 is 11.8 Å². The Morgan fingerprint density at radius 1 is 1.16 bits per heavy atom. The van der Waals surface area contributed by atoms with Crippen molar-refractivity contribution in [2.45, 2.75) is 5.16 Å². The number of carbonyl (C=O) groups is 1. The monoisotopic (exact) mass is 455 g/mol. The van der Waals surface area contributed by atoms with Crippen LogP contribution in [0, 0.1) is 11.2 Å². The van der Waals surface area contributed by atoms with Crippen LogP contribution < -0.4 is 5.73 Å². The molecule has 1 amide bonds. The van der Waals surface area contributed by atoms with Crippen LogP contribution in [0.15, 0.2) is 70.4 Å². The molecule has 2 heterocycles. The second-order valence-corrected chi connectivity index (χ2v) is 7.15. The first-order valence-electron chi connectivity index (χ1n) is 9.08. The van der Waals surface area contributed by atoms with Crippen molar-refractivity contribution in [1.29, 1.82) is 5.41 Å². The third-order valence-corrected chi connectivity index (χ3v) is 4.96. The summed E-state index contributed by atoms with van der Waals surface area (Å²) in [6.45, 7) is 0. The maximum absolute atomic E-state index is 13.1. The highest BCUT2D eigenvalue weighted by Gasteiger charge is 2.18. The summed E-state index contributed by atoms with van der Waals surface area (Å²) in [5, 5.41) is 33.3. The van der Waals surface area contributed by atoms with Gasteiger partial charge < -0.3 is 25.8 Å². The highest BCUT2D eigenvalue weighted by molar-refractivity contribution is 7.99. The van der Waals surface area contributed by atoms with Gasteiger partial charge in [-0.3, -0.25) is 9.36 Å². The summed E-state index contributed by atoms with van der Waals surface area (Å²) in [5.41, 5.74) is 6.14. The minimum Gasteiger partial charge on any atom is -0.504 e. The molecule has 0 aliphatic rings. The highest BCUT2D eigenvalue weighted by Crippen LogP contribution is 2.28. The molecule has 0 aliphatic heterocycles. The van der Waals surface area contributed by atoms with Crippen LogP contribution in [0.5, 0.6) is 11.5 Å². The van der Waals surface area contributed by atoms with Gasteiger partial charge in [-0.1, -0.05) is 17.8 Å². The first-order valence-corrected chi connectivity index (χ1v) is 10.1. The molecule has 11 heteroatoms. The van der Waals surface area contributed by atoms with Gasteiger partial charge in [-0.15, -0.1) is 10.2 Å². The summed E-state index contributed by atoms with van der Waals surface area (Å²) in [4.78, 5) is 11.0. The molecule has 9 nitrogen and oxygen atoms in total. The number of benzene rings is 2. The minimum absolute atomic E-state index is 0.0669. The SMILES string of the molecule is N=Cc1cccc(O)c1O.NC(=O)CSc1nnc(-c2ccco2)n1-c1ccc(F)cc1. The van der Waals surface area contributed by atoms with Crippen molar-refractivity contribution in [3.8, 4) is 28.8 Å². The average molecular weight is 455 g/mol. The van der Waals surface area contributed by atoms with Crippen LogP contribution in [0.4, 0.5) is 4.39 Å². The van der Waals surface area contributed by atoms with Crippen molar-refractivity contribution in [3.63, 3.8) is 0 Å². The van der Waals surface area contributed by atoms with Crippen LogP contribution in [0.3, 0.4) is 0 Å². The third-order valence-electron chi connectivity index (χ3n) is 4.00. The maximum atomic E-state index is 13.1. The molecular formula is C21H18FN5O4S. The predicted octanol–water partition coefficient (Wildman–Crippen LogP) is 3.34. The highest BCUT2D eigenvalue weighted by atomic mass is 32.2. The molecule has 5 N–H and O–H groups in total. The number of nitrogens with two attached hydrogens (primary N) is 1. The van der Waals surface area contributed by atoms with E-state index in [4.69, 9.17) is 25.8 Å². The van der Waals surface area contributed by atoms with Gasteiger partial charge >= 0.3 is 0 Å². The lowest BCUT2D eigenvalue weighted by atomic mass is 10.2. The summed E-state index contributed by atoms with van der Waals surface area (Å²) in [6.07, 6.45) is 2.50. The van der Waals surface area contributed by atoms with Crippen LogP contribution in [-0.4, -0.2) is 42.9 Å². The minimum atomic E-state index is -0.460. The van der Waals surface area contributed by atoms with Gasteiger partial charge in [0, 0.05) is 11.8 Å². The topological polar surface area (TPSA) is 151 Å². The van der Waals surface area contributed by atoms with Crippen LogP contribution in [0.1, 0.15) is 5.56 Å². The molecule has 0 bridgehead atoms. The Hall–Kier alpha value is -4.12. The molecule has 32 heavy (non-hydrogen) atoms. The molecular weight excluding hydrogens is 437 g/mol. The first-order chi connectivity index (χ1) is 15.4. The van der Waals surface area contributed by atoms with Crippen molar-refractivity contribution in [1.82, 2.24) is 14.8 Å². The molecule has 0 fully saturated rings. The fourth-order valence-electron chi connectivity index (χ4n) is 2.55. The summed E-state index contributed by atoms with van der Waals surface area (Å²) in [7, 11) is 0. The number of rotatable bonds is 6. The smallest absolute Gasteiger partial charge is 0.227 e. The number of para-hydroxylation sites is 1. The zero-order chi connectivity index (χ0) is 23.1. The normalized spacial score (nSPS) is 10.3. The molecule has 0 radical (unpaired) electrons. The van der Waals surface area contributed by atoms with E-state index in [0.29, 0.717) is 28.0 Å². The van der Waals surface area contributed by atoms with Gasteiger partial charge in [0.25, 0.3) is 0 Å². The second-order valence-electron chi connectivity index (χ2n) is 6.21. The number of phenols is 2. The molecule has 4 aromatic rings. The fraction of sp³-hybridized carbons (Fsp3) is 0.0476. The molecule has 0 unspecified atom stereocenters. The Morgan fingerprint density at radius 2 is 1.91 bits per heavy atom. The molecule has 0 atom stereocenters. The number of furan rings is 1. The quantitative estimate of drug-likeness (QED) is 0.198. The van der Waals surface area contributed by atoms with Crippen LogP contribution in [-0.2, 0) is 4.79 Å². The number of nitrogens with one attached hydrogen (secondary N) is 1. The van der Waals surface area contributed by atoms with E-state index >= 15 is 0 Å². The van der Waals surface area contributed by atoms with Gasteiger partial charge in [0.15, 0.2) is 22.4 Å². The van der Waals surface area contributed by atoms with Gasteiger partial charge in [0.05, 0.1) is 17.7 Å². The molecule has 2 aromatic heterocycles. The molecule has 2 aromatic carbocycles.